The lowest BCUT2D eigenvalue weighted by molar-refractivity contribution is 0.0937. The number of rotatable bonds is 5. The number of phenolic OH excluding ortho intramolecular Hbond substituents is 1. The van der Waals surface area contributed by atoms with Crippen molar-refractivity contribution < 1.29 is 14.3 Å². The second kappa shape index (κ2) is 6.83. The molecule has 1 amide bonds. The van der Waals surface area contributed by atoms with Gasteiger partial charge in [-0.3, -0.25) is 9.78 Å². The van der Waals surface area contributed by atoms with Gasteiger partial charge in [0.2, 0.25) is 0 Å². The van der Waals surface area contributed by atoms with Gasteiger partial charge in [0.15, 0.2) is 0 Å². The average Bonchev–Trinajstić information content (AvgIpc) is 2.46. The van der Waals surface area contributed by atoms with E-state index in [-0.39, 0.29) is 23.3 Å². The summed E-state index contributed by atoms with van der Waals surface area (Å²) in [6.07, 6.45) is 3.93. The van der Waals surface area contributed by atoms with Crippen LogP contribution in [0, 0.1) is 5.82 Å². The number of aromatic nitrogens is 1. The molecule has 0 aliphatic heterocycles. The van der Waals surface area contributed by atoms with Crippen LogP contribution >= 0.6 is 0 Å². The van der Waals surface area contributed by atoms with Crippen LogP contribution < -0.4 is 5.32 Å². The molecule has 0 bridgehead atoms. The maximum Gasteiger partial charge on any atom is 0.253 e. The fourth-order valence-corrected chi connectivity index (χ4v) is 1.96. The Morgan fingerprint density at radius 3 is 2.71 bits per heavy atom. The molecule has 0 saturated carbocycles. The third-order valence-electron chi connectivity index (χ3n) is 3.15. The highest BCUT2D eigenvalue weighted by Crippen LogP contribution is 2.12. The third-order valence-corrected chi connectivity index (χ3v) is 3.15. The van der Waals surface area contributed by atoms with Crippen molar-refractivity contribution in [1.82, 2.24) is 10.3 Å². The van der Waals surface area contributed by atoms with E-state index in [0.717, 1.165) is 30.7 Å². The van der Waals surface area contributed by atoms with Crippen LogP contribution in [0.5, 0.6) is 5.75 Å². The number of aryl methyl sites for hydroxylation is 1. The van der Waals surface area contributed by atoms with Crippen molar-refractivity contribution >= 4 is 5.91 Å². The van der Waals surface area contributed by atoms with Gasteiger partial charge < -0.3 is 10.4 Å². The molecule has 1 heterocycles. The predicted octanol–water partition coefficient (Wildman–Crippen LogP) is 2.68. The van der Waals surface area contributed by atoms with Crippen molar-refractivity contribution in [3.05, 3.63) is 59.7 Å². The lowest BCUT2D eigenvalue weighted by atomic mass is 10.1. The number of aromatic hydroxyl groups is 1. The van der Waals surface area contributed by atoms with Crippen LogP contribution in [0.4, 0.5) is 4.39 Å². The first-order valence-electron chi connectivity index (χ1n) is 6.74. The van der Waals surface area contributed by atoms with Gasteiger partial charge in [0.05, 0.1) is 11.8 Å². The van der Waals surface area contributed by atoms with Crippen LogP contribution in [0.15, 0.2) is 42.7 Å². The first-order valence-corrected chi connectivity index (χ1v) is 6.74. The summed E-state index contributed by atoms with van der Waals surface area (Å²) in [7, 11) is 0. The smallest absolute Gasteiger partial charge is 0.253 e. The molecule has 110 valence electrons. The van der Waals surface area contributed by atoms with Crippen molar-refractivity contribution in [1.29, 1.82) is 0 Å². The topological polar surface area (TPSA) is 62.2 Å². The Morgan fingerprint density at radius 2 is 2.05 bits per heavy atom. The van der Waals surface area contributed by atoms with E-state index in [4.69, 9.17) is 0 Å². The van der Waals surface area contributed by atoms with Crippen molar-refractivity contribution in [3.8, 4) is 5.75 Å². The summed E-state index contributed by atoms with van der Waals surface area (Å²) in [5, 5.41) is 12.0. The molecule has 0 aliphatic carbocycles. The second-order valence-electron chi connectivity index (χ2n) is 4.97. The Balaban J connectivity index is 1.85. The number of nitrogens with zero attached hydrogens (tertiary/aromatic N) is 1. The van der Waals surface area contributed by atoms with E-state index in [1.165, 1.54) is 6.20 Å². The molecule has 0 fully saturated rings. The van der Waals surface area contributed by atoms with Crippen molar-refractivity contribution in [2.75, 3.05) is 0 Å². The van der Waals surface area contributed by atoms with Gasteiger partial charge >= 0.3 is 0 Å². The summed E-state index contributed by atoms with van der Waals surface area (Å²) in [6, 6.07) is 8.08. The summed E-state index contributed by atoms with van der Waals surface area (Å²) < 4.78 is 13.0. The van der Waals surface area contributed by atoms with Crippen molar-refractivity contribution in [2.45, 2.75) is 25.8 Å². The zero-order valence-corrected chi connectivity index (χ0v) is 11.7. The summed E-state index contributed by atoms with van der Waals surface area (Å²) >= 11 is 0. The highest BCUT2D eigenvalue weighted by molar-refractivity contribution is 5.94. The van der Waals surface area contributed by atoms with Crippen LogP contribution in [-0.4, -0.2) is 22.0 Å². The first-order chi connectivity index (χ1) is 10.0. The van der Waals surface area contributed by atoms with Crippen LogP contribution in [0.25, 0.3) is 0 Å². The summed E-state index contributed by atoms with van der Waals surface area (Å²) in [5.41, 5.74) is 1.30. The van der Waals surface area contributed by atoms with E-state index in [1.54, 1.807) is 12.1 Å². The Labute approximate surface area is 122 Å². The standard InChI is InChI=1S/C16H17FN2O2/c1-11(2-3-12-4-6-15(20)7-5-12)19-16(21)13-8-14(17)10-18-9-13/h4-11,20H,2-3H2,1H3,(H,19,21). The molecule has 2 aromatic rings. The van der Waals surface area contributed by atoms with E-state index in [0.29, 0.717) is 0 Å². The Bertz CT molecular complexity index is 614. The maximum absolute atomic E-state index is 13.0. The molecular weight excluding hydrogens is 271 g/mol. The summed E-state index contributed by atoms with van der Waals surface area (Å²) in [4.78, 5) is 15.6. The summed E-state index contributed by atoms with van der Waals surface area (Å²) in [6.45, 7) is 1.89. The predicted molar refractivity (Wildman–Crippen MR) is 77.6 cm³/mol. The number of carbonyl (C=O) groups is 1. The fraction of sp³-hybridized carbons (Fsp3) is 0.250. The second-order valence-corrected chi connectivity index (χ2v) is 4.97. The number of phenols is 1. The molecule has 1 atom stereocenters. The highest BCUT2D eigenvalue weighted by Gasteiger charge is 2.11. The zero-order chi connectivity index (χ0) is 15.2. The molecule has 21 heavy (non-hydrogen) atoms. The largest absolute Gasteiger partial charge is 0.508 e. The van der Waals surface area contributed by atoms with Crippen LogP contribution in [-0.2, 0) is 6.42 Å². The van der Waals surface area contributed by atoms with Crippen LogP contribution in [0.1, 0.15) is 29.3 Å². The van der Waals surface area contributed by atoms with E-state index >= 15 is 0 Å². The van der Waals surface area contributed by atoms with E-state index in [1.807, 2.05) is 19.1 Å². The lowest BCUT2D eigenvalue weighted by Crippen LogP contribution is -2.33. The number of hydrogen-bond donors (Lipinski definition) is 2. The number of nitrogens with one attached hydrogen (secondary N) is 1. The lowest BCUT2D eigenvalue weighted by Gasteiger charge is -2.13. The molecule has 1 unspecified atom stereocenters. The van der Waals surface area contributed by atoms with E-state index in [9.17, 15) is 14.3 Å². The molecule has 1 aromatic carbocycles. The highest BCUT2D eigenvalue weighted by atomic mass is 19.1. The molecule has 5 heteroatoms. The third kappa shape index (κ3) is 4.56. The molecule has 4 nitrogen and oxygen atoms in total. The number of hydrogen-bond acceptors (Lipinski definition) is 3. The van der Waals surface area contributed by atoms with Gasteiger partial charge in [0.25, 0.3) is 5.91 Å². The Hall–Kier alpha value is -2.43. The monoisotopic (exact) mass is 288 g/mol. The molecule has 0 saturated heterocycles. The average molecular weight is 288 g/mol. The molecule has 0 spiro atoms. The minimum atomic E-state index is -0.528. The zero-order valence-electron chi connectivity index (χ0n) is 11.7. The normalized spacial score (nSPS) is 11.9. The quantitative estimate of drug-likeness (QED) is 0.889. The minimum absolute atomic E-state index is 0.0467. The first kappa shape index (κ1) is 15.0. The number of pyridine rings is 1. The molecule has 1 aromatic heterocycles. The van der Waals surface area contributed by atoms with Gasteiger partial charge in [-0.25, -0.2) is 4.39 Å². The molecule has 0 radical (unpaired) electrons. The Morgan fingerprint density at radius 1 is 1.33 bits per heavy atom. The van der Waals surface area contributed by atoms with Gasteiger partial charge in [0, 0.05) is 12.2 Å². The van der Waals surface area contributed by atoms with E-state index in [2.05, 4.69) is 10.3 Å². The number of halogens is 1. The van der Waals surface area contributed by atoms with Gasteiger partial charge in [-0.05, 0) is 43.5 Å². The van der Waals surface area contributed by atoms with Gasteiger partial charge in [0.1, 0.15) is 11.6 Å². The molecular formula is C16H17FN2O2. The summed E-state index contributed by atoms with van der Waals surface area (Å²) in [5.74, 6) is -0.627. The molecule has 2 rings (SSSR count). The van der Waals surface area contributed by atoms with Crippen LogP contribution in [0.2, 0.25) is 0 Å². The number of amides is 1. The molecule has 2 N–H and O–H groups in total. The molecule has 0 aliphatic rings. The maximum atomic E-state index is 13.0. The van der Waals surface area contributed by atoms with Gasteiger partial charge in [-0.1, -0.05) is 12.1 Å². The number of benzene rings is 1. The SMILES string of the molecule is CC(CCc1ccc(O)cc1)NC(=O)c1cncc(F)c1. The van der Waals surface area contributed by atoms with Crippen molar-refractivity contribution in [3.63, 3.8) is 0 Å². The fourth-order valence-electron chi connectivity index (χ4n) is 1.96. The Kier molecular flexibility index (Phi) is 4.87. The van der Waals surface area contributed by atoms with Crippen molar-refractivity contribution in [2.24, 2.45) is 0 Å². The van der Waals surface area contributed by atoms with E-state index < -0.39 is 5.82 Å². The van der Waals surface area contributed by atoms with Gasteiger partial charge in [-0.15, -0.1) is 0 Å². The van der Waals surface area contributed by atoms with Gasteiger partial charge in [-0.2, -0.15) is 0 Å². The van der Waals surface area contributed by atoms with Crippen LogP contribution in [0.3, 0.4) is 0 Å². The minimum Gasteiger partial charge on any atom is -0.508 e. The number of carbonyl (C=O) groups excluding carboxylic acids is 1.